The zero-order valence-electron chi connectivity index (χ0n) is 12.0. The largest absolute Gasteiger partial charge is 0.312 e. The average Bonchev–Trinajstić information content (AvgIpc) is 2.91. The smallest absolute Gasteiger partial charge is 0.208 e. The lowest BCUT2D eigenvalue weighted by Crippen LogP contribution is -2.26. The molecule has 0 bridgehead atoms. The number of aromatic amines is 1. The van der Waals surface area contributed by atoms with E-state index in [2.05, 4.69) is 20.2 Å². The van der Waals surface area contributed by atoms with Crippen LogP contribution in [0.4, 0.5) is 0 Å². The summed E-state index contributed by atoms with van der Waals surface area (Å²) in [6.07, 6.45) is 3.72. The number of nitrogens with one attached hydrogen (secondary N) is 3. The molecule has 0 aliphatic carbocycles. The first-order chi connectivity index (χ1) is 10.1. The van der Waals surface area contributed by atoms with Gasteiger partial charge in [-0.15, -0.1) is 0 Å². The number of hydrogen-bond donors (Lipinski definition) is 3. The fourth-order valence-electron chi connectivity index (χ4n) is 1.99. The molecule has 7 heteroatoms. The molecule has 0 saturated heterocycles. The van der Waals surface area contributed by atoms with Gasteiger partial charge in [-0.05, 0) is 18.5 Å². The minimum absolute atomic E-state index is 0.447. The second kappa shape index (κ2) is 7.35. The van der Waals surface area contributed by atoms with Gasteiger partial charge in [0.2, 0.25) is 10.0 Å². The third kappa shape index (κ3) is 5.30. The van der Waals surface area contributed by atoms with Crippen LogP contribution >= 0.6 is 0 Å². The molecule has 0 saturated carbocycles. The van der Waals surface area contributed by atoms with Crippen LogP contribution in [0.2, 0.25) is 0 Å². The lowest BCUT2D eigenvalue weighted by Gasteiger charge is -2.06. The average molecular weight is 308 g/mol. The van der Waals surface area contributed by atoms with Gasteiger partial charge in [0.15, 0.2) is 0 Å². The summed E-state index contributed by atoms with van der Waals surface area (Å²) in [4.78, 5) is 0. The molecule has 1 heterocycles. The summed E-state index contributed by atoms with van der Waals surface area (Å²) in [5, 5.41) is 10.4. The maximum Gasteiger partial charge on any atom is 0.208 e. The second-order valence-electron chi connectivity index (χ2n) is 4.83. The Balaban J connectivity index is 1.79. The summed E-state index contributed by atoms with van der Waals surface area (Å²) in [5.74, 6) is 0. The molecule has 0 atom stereocenters. The van der Waals surface area contributed by atoms with Crippen molar-refractivity contribution in [2.45, 2.75) is 13.0 Å². The molecule has 0 radical (unpaired) electrons. The van der Waals surface area contributed by atoms with Crippen LogP contribution in [0, 0.1) is 0 Å². The van der Waals surface area contributed by atoms with E-state index in [1.807, 2.05) is 36.5 Å². The van der Waals surface area contributed by atoms with E-state index < -0.39 is 10.0 Å². The van der Waals surface area contributed by atoms with E-state index in [9.17, 15) is 8.42 Å². The van der Waals surface area contributed by atoms with E-state index in [-0.39, 0.29) is 0 Å². The monoisotopic (exact) mass is 308 g/mol. The summed E-state index contributed by atoms with van der Waals surface area (Å²) in [7, 11) is -3.09. The molecule has 21 heavy (non-hydrogen) atoms. The Kier molecular flexibility index (Phi) is 5.49. The Bertz CT molecular complexity index is 653. The summed E-state index contributed by atoms with van der Waals surface area (Å²) in [6, 6.07) is 10.0. The van der Waals surface area contributed by atoms with Crippen molar-refractivity contribution in [3.8, 4) is 11.3 Å². The van der Waals surface area contributed by atoms with Crippen LogP contribution < -0.4 is 10.0 Å². The fourth-order valence-corrected chi connectivity index (χ4v) is 2.51. The maximum atomic E-state index is 10.9. The van der Waals surface area contributed by atoms with Crippen molar-refractivity contribution in [2.24, 2.45) is 0 Å². The number of aromatic nitrogens is 2. The van der Waals surface area contributed by atoms with Gasteiger partial charge in [-0.2, -0.15) is 5.10 Å². The van der Waals surface area contributed by atoms with Crippen LogP contribution in [-0.2, 0) is 16.6 Å². The first kappa shape index (κ1) is 15.7. The molecule has 0 fully saturated rings. The third-order valence-electron chi connectivity index (χ3n) is 2.99. The molecular weight excluding hydrogens is 288 g/mol. The predicted octanol–water partition coefficient (Wildman–Crippen LogP) is 1.11. The number of H-pyrrole nitrogens is 1. The van der Waals surface area contributed by atoms with Gasteiger partial charge in [0, 0.05) is 18.7 Å². The topological polar surface area (TPSA) is 86.9 Å². The molecule has 2 aromatic rings. The summed E-state index contributed by atoms with van der Waals surface area (Å²) >= 11 is 0. The van der Waals surface area contributed by atoms with Gasteiger partial charge >= 0.3 is 0 Å². The highest BCUT2D eigenvalue weighted by Gasteiger charge is 2.06. The van der Waals surface area contributed by atoms with Gasteiger partial charge in [0.1, 0.15) is 0 Å². The van der Waals surface area contributed by atoms with Crippen molar-refractivity contribution in [3.05, 3.63) is 42.1 Å². The molecule has 1 aromatic heterocycles. The molecule has 0 aliphatic heterocycles. The summed E-state index contributed by atoms with van der Waals surface area (Å²) < 4.78 is 24.3. The van der Waals surface area contributed by atoms with E-state index >= 15 is 0 Å². The van der Waals surface area contributed by atoms with Crippen molar-refractivity contribution < 1.29 is 8.42 Å². The zero-order chi connectivity index (χ0) is 15.1. The number of rotatable bonds is 8. The normalized spacial score (nSPS) is 11.7. The first-order valence-electron chi connectivity index (χ1n) is 6.79. The van der Waals surface area contributed by atoms with E-state index in [0.29, 0.717) is 13.1 Å². The van der Waals surface area contributed by atoms with E-state index in [1.165, 1.54) is 0 Å². The highest BCUT2D eigenvalue weighted by Crippen LogP contribution is 2.20. The highest BCUT2D eigenvalue weighted by atomic mass is 32.2. The van der Waals surface area contributed by atoms with Crippen molar-refractivity contribution >= 4 is 10.0 Å². The minimum Gasteiger partial charge on any atom is -0.312 e. The minimum atomic E-state index is -3.09. The SMILES string of the molecule is CS(=O)(=O)NCCCNCc1cn[nH]c1-c1ccccc1. The van der Waals surface area contributed by atoms with Crippen molar-refractivity contribution in [1.29, 1.82) is 0 Å². The number of nitrogens with zero attached hydrogens (tertiary/aromatic N) is 1. The second-order valence-corrected chi connectivity index (χ2v) is 6.67. The van der Waals surface area contributed by atoms with Crippen LogP contribution in [0.5, 0.6) is 0 Å². The van der Waals surface area contributed by atoms with Crippen LogP contribution in [0.15, 0.2) is 36.5 Å². The Hall–Kier alpha value is -1.70. The van der Waals surface area contributed by atoms with Crippen LogP contribution in [0.25, 0.3) is 11.3 Å². The molecule has 114 valence electrons. The third-order valence-corrected chi connectivity index (χ3v) is 3.72. The van der Waals surface area contributed by atoms with E-state index in [4.69, 9.17) is 0 Å². The van der Waals surface area contributed by atoms with E-state index in [0.717, 1.165) is 36.0 Å². The quantitative estimate of drug-likeness (QED) is 0.638. The molecule has 1 aromatic carbocycles. The number of sulfonamides is 1. The molecule has 6 nitrogen and oxygen atoms in total. The van der Waals surface area contributed by atoms with Crippen LogP contribution in [0.3, 0.4) is 0 Å². The zero-order valence-corrected chi connectivity index (χ0v) is 12.8. The van der Waals surface area contributed by atoms with Crippen molar-refractivity contribution in [2.75, 3.05) is 19.3 Å². The molecule has 0 unspecified atom stereocenters. The number of benzene rings is 1. The van der Waals surface area contributed by atoms with Gasteiger partial charge in [-0.1, -0.05) is 30.3 Å². The highest BCUT2D eigenvalue weighted by molar-refractivity contribution is 7.88. The summed E-state index contributed by atoms with van der Waals surface area (Å²) in [5.41, 5.74) is 3.21. The standard InChI is InChI=1S/C14H20N4O2S/c1-21(19,20)17-9-5-8-15-10-13-11-16-18-14(13)12-6-3-2-4-7-12/h2-4,6-7,11,15,17H,5,8-10H2,1H3,(H,16,18). The fraction of sp³-hybridized carbons (Fsp3) is 0.357. The Morgan fingerprint density at radius 3 is 2.67 bits per heavy atom. The number of hydrogen-bond acceptors (Lipinski definition) is 4. The molecule has 3 N–H and O–H groups in total. The van der Waals surface area contributed by atoms with Gasteiger partial charge < -0.3 is 5.32 Å². The molecule has 2 rings (SSSR count). The van der Waals surface area contributed by atoms with Gasteiger partial charge in [0.25, 0.3) is 0 Å². The molecule has 0 amide bonds. The maximum absolute atomic E-state index is 10.9. The predicted molar refractivity (Wildman–Crippen MR) is 83.2 cm³/mol. The molecular formula is C14H20N4O2S. The van der Waals surface area contributed by atoms with Gasteiger partial charge in [-0.3, -0.25) is 5.10 Å². The van der Waals surface area contributed by atoms with Gasteiger partial charge in [-0.25, -0.2) is 13.1 Å². The lowest BCUT2D eigenvalue weighted by molar-refractivity contribution is 0.579. The molecule has 0 aliphatic rings. The van der Waals surface area contributed by atoms with E-state index in [1.54, 1.807) is 0 Å². The Morgan fingerprint density at radius 1 is 1.19 bits per heavy atom. The van der Waals surface area contributed by atoms with Crippen molar-refractivity contribution in [3.63, 3.8) is 0 Å². The lowest BCUT2D eigenvalue weighted by atomic mass is 10.1. The molecule has 0 spiro atoms. The Labute approximate surface area is 125 Å². The summed E-state index contributed by atoms with van der Waals surface area (Å²) in [6.45, 7) is 1.88. The van der Waals surface area contributed by atoms with Gasteiger partial charge in [0.05, 0.1) is 18.1 Å². The van der Waals surface area contributed by atoms with Crippen molar-refractivity contribution in [1.82, 2.24) is 20.2 Å². The Morgan fingerprint density at radius 2 is 1.95 bits per heavy atom. The first-order valence-corrected chi connectivity index (χ1v) is 8.68. The van der Waals surface area contributed by atoms with Crippen LogP contribution in [0.1, 0.15) is 12.0 Å². The van der Waals surface area contributed by atoms with Crippen LogP contribution in [-0.4, -0.2) is 38.0 Å².